The van der Waals surface area contributed by atoms with Crippen LogP contribution < -0.4 is 0 Å². The van der Waals surface area contributed by atoms with Crippen LogP contribution in [0.1, 0.15) is 37.3 Å². The quantitative estimate of drug-likeness (QED) is 0.666. The van der Waals surface area contributed by atoms with Crippen LogP contribution in [-0.4, -0.2) is 66.9 Å². The fraction of sp³-hybridized carbons (Fsp3) is 0.524. The highest BCUT2D eigenvalue weighted by Gasteiger charge is 2.51. The number of fused-ring (bicyclic) bond motifs is 1. The van der Waals surface area contributed by atoms with Crippen molar-refractivity contribution >= 4 is 23.8 Å². The van der Waals surface area contributed by atoms with Gasteiger partial charge in [0, 0.05) is 19.4 Å². The van der Waals surface area contributed by atoms with Crippen molar-refractivity contribution in [3.63, 3.8) is 0 Å². The molecule has 2 aliphatic rings. The van der Waals surface area contributed by atoms with Crippen molar-refractivity contribution in [3.05, 3.63) is 35.9 Å². The summed E-state index contributed by atoms with van der Waals surface area (Å²) >= 11 is 0. The molecule has 3 atom stereocenters. The van der Waals surface area contributed by atoms with Crippen molar-refractivity contribution in [1.82, 2.24) is 9.80 Å². The van der Waals surface area contributed by atoms with Gasteiger partial charge in [0.1, 0.15) is 0 Å². The molecule has 156 valence electrons. The number of carbonyl (C=O) groups is 4. The lowest BCUT2D eigenvalue weighted by molar-refractivity contribution is -0.151. The number of rotatable bonds is 6. The number of hydrogen-bond acceptors (Lipinski definition) is 6. The maximum absolute atomic E-state index is 13.0. The van der Waals surface area contributed by atoms with Crippen LogP contribution in [0.25, 0.3) is 0 Å². The zero-order valence-electron chi connectivity index (χ0n) is 16.7. The molecule has 0 aliphatic carbocycles. The molecule has 2 fully saturated rings. The Morgan fingerprint density at radius 1 is 1.07 bits per heavy atom. The van der Waals surface area contributed by atoms with Crippen LogP contribution in [0.2, 0.25) is 0 Å². The minimum Gasteiger partial charge on any atom is -0.469 e. The first-order valence-corrected chi connectivity index (χ1v) is 9.74. The van der Waals surface area contributed by atoms with Crippen LogP contribution in [0.5, 0.6) is 0 Å². The SMILES string of the molecule is COC(=O)CCCC(=O)N1CC(=O)N2[C@@H](C[C@H](C(=O)OC)[C@@H]2c2ccccc2)C1. The predicted molar refractivity (Wildman–Crippen MR) is 102 cm³/mol. The maximum Gasteiger partial charge on any atom is 0.311 e. The molecule has 0 bridgehead atoms. The van der Waals surface area contributed by atoms with Gasteiger partial charge in [0.25, 0.3) is 0 Å². The highest BCUT2D eigenvalue weighted by molar-refractivity contribution is 5.88. The Balaban J connectivity index is 1.73. The zero-order chi connectivity index (χ0) is 21.0. The van der Waals surface area contributed by atoms with Gasteiger partial charge in [0.2, 0.25) is 11.8 Å². The standard InChI is InChI=1S/C21H26N2O6/c1-28-19(26)10-6-9-17(24)22-12-15-11-16(21(27)29-2)20(23(15)18(25)13-22)14-7-4-3-5-8-14/h3-5,7-8,15-16,20H,6,9-13H2,1-2H3/t15-,16-,20-/m0/s1. The molecule has 0 spiro atoms. The van der Waals surface area contributed by atoms with E-state index in [-0.39, 0.29) is 49.2 Å². The lowest BCUT2D eigenvalue weighted by atomic mass is 9.93. The topological polar surface area (TPSA) is 93.2 Å². The first-order chi connectivity index (χ1) is 14.0. The second-order valence-electron chi connectivity index (χ2n) is 7.38. The van der Waals surface area contributed by atoms with Gasteiger partial charge < -0.3 is 19.3 Å². The van der Waals surface area contributed by atoms with Gasteiger partial charge in [-0.3, -0.25) is 19.2 Å². The Morgan fingerprint density at radius 2 is 1.79 bits per heavy atom. The molecule has 3 rings (SSSR count). The highest BCUT2D eigenvalue weighted by Crippen LogP contribution is 2.43. The summed E-state index contributed by atoms with van der Waals surface area (Å²) < 4.78 is 9.57. The summed E-state index contributed by atoms with van der Waals surface area (Å²) in [6, 6.07) is 8.81. The Labute approximate surface area is 169 Å². The van der Waals surface area contributed by atoms with E-state index < -0.39 is 12.0 Å². The summed E-state index contributed by atoms with van der Waals surface area (Å²) in [5.74, 6) is -1.52. The molecular weight excluding hydrogens is 376 g/mol. The number of nitrogens with zero attached hydrogens (tertiary/aromatic N) is 2. The molecule has 2 aliphatic heterocycles. The Morgan fingerprint density at radius 3 is 2.45 bits per heavy atom. The summed E-state index contributed by atoms with van der Waals surface area (Å²) in [5, 5.41) is 0. The molecule has 29 heavy (non-hydrogen) atoms. The molecule has 8 heteroatoms. The fourth-order valence-corrected chi connectivity index (χ4v) is 4.30. The average molecular weight is 402 g/mol. The number of ether oxygens (including phenoxy) is 2. The minimum absolute atomic E-state index is 0.0230. The molecule has 0 saturated carbocycles. The molecule has 2 amide bonds. The number of benzene rings is 1. The zero-order valence-corrected chi connectivity index (χ0v) is 16.7. The van der Waals surface area contributed by atoms with Gasteiger partial charge in [-0.1, -0.05) is 30.3 Å². The van der Waals surface area contributed by atoms with Crippen LogP contribution >= 0.6 is 0 Å². The van der Waals surface area contributed by atoms with E-state index in [0.29, 0.717) is 19.4 Å². The van der Waals surface area contributed by atoms with E-state index in [2.05, 4.69) is 4.74 Å². The molecular formula is C21H26N2O6. The van der Waals surface area contributed by atoms with E-state index in [1.165, 1.54) is 19.1 Å². The largest absolute Gasteiger partial charge is 0.469 e. The van der Waals surface area contributed by atoms with Crippen molar-refractivity contribution < 1.29 is 28.7 Å². The predicted octanol–water partition coefficient (Wildman–Crippen LogP) is 1.30. The van der Waals surface area contributed by atoms with Gasteiger partial charge in [-0.25, -0.2) is 0 Å². The number of esters is 2. The van der Waals surface area contributed by atoms with Crippen molar-refractivity contribution in [3.8, 4) is 0 Å². The molecule has 2 saturated heterocycles. The molecule has 0 N–H and O–H groups in total. The average Bonchev–Trinajstić information content (AvgIpc) is 3.13. The van der Waals surface area contributed by atoms with Crippen LogP contribution in [0, 0.1) is 5.92 Å². The van der Waals surface area contributed by atoms with Crippen molar-refractivity contribution in [1.29, 1.82) is 0 Å². The molecule has 1 aromatic carbocycles. The van der Waals surface area contributed by atoms with Crippen LogP contribution in [-0.2, 0) is 28.7 Å². The highest BCUT2D eigenvalue weighted by atomic mass is 16.5. The lowest BCUT2D eigenvalue weighted by Crippen LogP contribution is -2.55. The Bertz CT molecular complexity index is 781. The summed E-state index contributed by atoms with van der Waals surface area (Å²) in [5.41, 5.74) is 0.886. The third kappa shape index (κ3) is 4.41. The first-order valence-electron chi connectivity index (χ1n) is 9.74. The van der Waals surface area contributed by atoms with Crippen molar-refractivity contribution in [2.24, 2.45) is 5.92 Å². The number of methoxy groups -OCH3 is 2. The Kier molecular flexibility index (Phi) is 6.51. The third-order valence-electron chi connectivity index (χ3n) is 5.64. The number of hydrogen-bond donors (Lipinski definition) is 0. The number of carbonyl (C=O) groups excluding carboxylic acids is 4. The van der Waals surface area contributed by atoms with Crippen LogP contribution in [0.15, 0.2) is 30.3 Å². The number of piperazine rings is 1. The smallest absolute Gasteiger partial charge is 0.311 e. The summed E-state index contributed by atoms with van der Waals surface area (Å²) in [4.78, 5) is 52.4. The van der Waals surface area contributed by atoms with Gasteiger partial charge in [-0.15, -0.1) is 0 Å². The molecule has 8 nitrogen and oxygen atoms in total. The van der Waals surface area contributed by atoms with E-state index in [4.69, 9.17) is 4.74 Å². The Hall–Kier alpha value is -2.90. The molecule has 2 heterocycles. The first kappa shape index (κ1) is 20.8. The monoisotopic (exact) mass is 402 g/mol. The summed E-state index contributed by atoms with van der Waals surface area (Å²) in [7, 11) is 2.66. The molecule has 0 unspecified atom stereocenters. The fourth-order valence-electron chi connectivity index (χ4n) is 4.30. The lowest BCUT2D eigenvalue weighted by Gasteiger charge is -2.40. The van der Waals surface area contributed by atoms with Gasteiger partial charge >= 0.3 is 11.9 Å². The van der Waals surface area contributed by atoms with Gasteiger partial charge in [0.05, 0.1) is 38.8 Å². The normalized spacial score (nSPS) is 23.5. The summed E-state index contributed by atoms with van der Waals surface area (Å²) in [6.45, 7) is 0.352. The van der Waals surface area contributed by atoms with E-state index in [1.807, 2.05) is 30.3 Å². The minimum atomic E-state index is -0.467. The molecule has 0 radical (unpaired) electrons. The van der Waals surface area contributed by atoms with Crippen LogP contribution in [0.4, 0.5) is 0 Å². The summed E-state index contributed by atoms with van der Waals surface area (Å²) in [6.07, 6.45) is 1.17. The van der Waals surface area contributed by atoms with E-state index in [9.17, 15) is 19.2 Å². The van der Waals surface area contributed by atoms with Crippen molar-refractivity contribution in [2.75, 3.05) is 27.3 Å². The second kappa shape index (κ2) is 9.07. The van der Waals surface area contributed by atoms with E-state index >= 15 is 0 Å². The third-order valence-corrected chi connectivity index (χ3v) is 5.64. The molecule has 0 aromatic heterocycles. The van der Waals surface area contributed by atoms with E-state index in [0.717, 1.165) is 5.56 Å². The van der Waals surface area contributed by atoms with Crippen molar-refractivity contribution in [2.45, 2.75) is 37.8 Å². The second-order valence-corrected chi connectivity index (χ2v) is 7.38. The van der Waals surface area contributed by atoms with Crippen LogP contribution in [0.3, 0.4) is 0 Å². The van der Waals surface area contributed by atoms with E-state index in [1.54, 1.807) is 4.90 Å². The molecule has 1 aromatic rings. The maximum atomic E-state index is 13.0. The van der Waals surface area contributed by atoms with Gasteiger partial charge in [0.15, 0.2) is 0 Å². The van der Waals surface area contributed by atoms with Gasteiger partial charge in [-0.2, -0.15) is 0 Å². The van der Waals surface area contributed by atoms with Gasteiger partial charge in [-0.05, 0) is 18.4 Å². The number of amides is 2.